The first-order valence-corrected chi connectivity index (χ1v) is 6.80. The van der Waals surface area contributed by atoms with E-state index >= 15 is 0 Å². The quantitative estimate of drug-likeness (QED) is 0.860. The lowest BCUT2D eigenvalue weighted by Gasteiger charge is -2.19. The lowest BCUT2D eigenvalue weighted by Crippen LogP contribution is -2.37. The largest absolute Gasteiger partial charge is 0.333 e. The maximum absolute atomic E-state index is 12.0. The van der Waals surface area contributed by atoms with E-state index < -0.39 is 0 Å². The highest BCUT2D eigenvalue weighted by molar-refractivity contribution is 5.94. The Morgan fingerprint density at radius 3 is 3.11 bits per heavy atom. The van der Waals surface area contributed by atoms with Crippen molar-refractivity contribution in [1.82, 2.24) is 15.1 Å². The van der Waals surface area contributed by atoms with Crippen molar-refractivity contribution < 1.29 is 9.59 Å². The van der Waals surface area contributed by atoms with E-state index in [0.29, 0.717) is 18.8 Å². The normalized spacial score (nSPS) is 16.3. The molecule has 1 fully saturated rings. The second-order valence-electron chi connectivity index (χ2n) is 4.80. The van der Waals surface area contributed by atoms with Crippen molar-refractivity contribution >= 4 is 17.6 Å². The molecule has 1 saturated heterocycles. The van der Waals surface area contributed by atoms with Gasteiger partial charge in [-0.1, -0.05) is 13.3 Å². The van der Waals surface area contributed by atoms with Crippen LogP contribution in [0.25, 0.3) is 0 Å². The number of amides is 2. The number of hydrogen-bond donors (Lipinski definition) is 2. The zero-order valence-electron chi connectivity index (χ0n) is 11.2. The summed E-state index contributed by atoms with van der Waals surface area (Å²) < 4.78 is 0. The van der Waals surface area contributed by atoms with Crippen molar-refractivity contribution in [2.75, 3.05) is 18.4 Å². The molecule has 0 saturated carbocycles. The Morgan fingerprint density at radius 2 is 2.32 bits per heavy atom. The third-order valence-corrected chi connectivity index (χ3v) is 3.37. The van der Waals surface area contributed by atoms with E-state index in [0.717, 1.165) is 31.2 Å². The van der Waals surface area contributed by atoms with Crippen molar-refractivity contribution in [3.05, 3.63) is 11.8 Å². The average molecular weight is 264 g/mol. The number of aromatic nitrogens is 2. The van der Waals surface area contributed by atoms with Crippen LogP contribution in [0.15, 0.2) is 6.20 Å². The van der Waals surface area contributed by atoms with Crippen LogP contribution in [0, 0.1) is 0 Å². The maximum atomic E-state index is 12.0. The molecular weight excluding hydrogens is 244 g/mol. The van der Waals surface area contributed by atoms with Crippen molar-refractivity contribution in [3.8, 4) is 0 Å². The van der Waals surface area contributed by atoms with Gasteiger partial charge in [-0.05, 0) is 19.3 Å². The number of hydrogen-bond acceptors (Lipinski definition) is 3. The Kier molecular flexibility index (Phi) is 4.54. The summed E-state index contributed by atoms with van der Waals surface area (Å²) in [5, 5.41) is 9.44. The highest BCUT2D eigenvalue weighted by atomic mass is 16.2. The Labute approximate surface area is 112 Å². The number of likely N-dealkylation sites (tertiary alicyclic amines) is 1. The van der Waals surface area contributed by atoms with E-state index in [2.05, 4.69) is 15.5 Å². The summed E-state index contributed by atoms with van der Waals surface area (Å²) >= 11 is 0. The number of H-pyrrole nitrogens is 1. The molecule has 6 heteroatoms. The Balaban J connectivity index is 1.91. The first-order chi connectivity index (χ1) is 9.20. The predicted octanol–water partition coefficient (Wildman–Crippen LogP) is 1.31. The van der Waals surface area contributed by atoms with Crippen molar-refractivity contribution in [2.45, 2.75) is 39.0 Å². The maximum Gasteiger partial charge on any atom is 0.245 e. The molecule has 1 aromatic rings. The summed E-state index contributed by atoms with van der Waals surface area (Å²) in [6, 6.07) is 0. The van der Waals surface area contributed by atoms with Crippen molar-refractivity contribution in [1.29, 1.82) is 0 Å². The molecule has 2 rings (SSSR count). The van der Waals surface area contributed by atoms with Crippen molar-refractivity contribution in [2.24, 2.45) is 0 Å². The molecule has 0 atom stereocenters. The van der Waals surface area contributed by atoms with E-state index in [1.807, 2.05) is 6.92 Å². The van der Waals surface area contributed by atoms with Gasteiger partial charge in [-0.15, -0.1) is 0 Å². The van der Waals surface area contributed by atoms with Gasteiger partial charge in [0.25, 0.3) is 0 Å². The fraction of sp³-hybridized carbons (Fsp3) is 0.615. The predicted molar refractivity (Wildman–Crippen MR) is 71.6 cm³/mol. The Hall–Kier alpha value is -1.85. The number of rotatable bonds is 4. The van der Waals surface area contributed by atoms with Gasteiger partial charge in [-0.25, -0.2) is 0 Å². The van der Waals surface area contributed by atoms with E-state index in [1.54, 1.807) is 11.1 Å². The standard InChI is InChI=1S/C13H20N4O2/c1-2-10-8-14-16-13(10)15-11(18)9-17-7-5-3-4-6-12(17)19/h8H,2-7,9H2,1H3,(H2,14,15,16,18). The molecule has 19 heavy (non-hydrogen) atoms. The van der Waals surface area contributed by atoms with E-state index in [9.17, 15) is 9.59 Å². The van der Waals surface area contributed by atoms with Crippen LogP contribution in [0.2, 0.25) is 0 Å². The van der Waals surface area contributed by atoms with Crippen LogP contribution in [-0.4, -0.2) is 40.0 Å². The molecule has 1 aliphatic heterocycles. The topological polar surface area (TPSA) is 78.1 Å². The molecule has 2 N–H and O–H groups in total. The van der Waals surface area contributed by atoms with Crippen LogP contribution in [0.1, 0.15) is 38.2 Å². The highest BCUT2D eigenvalue weighted by Gasteiger charge is 2.19. The first-order valence-electron chi connectivity index (χ1n) is 6.80. The minimum absolute atomic E-state index is 0.0768. The van der Waals surface area contributed by atoms with E-state index in [-0.39, 0.29) is 18.4 Å². The van der Waals surface area contributed by atoms with Crippen LogP contribution in [0.3, 0.4) is 0 Å². The van der Waals surface area contributed by atoms with Crippen LogP contribution in [0.4, 0.5) is 5.82 Å². The minimum Gasteiger partial charge on any atom is -0.333 e. The minimum atomic E-state index is -0.172. The second kappa shape index (κ2) is 6.36. The molecule has 0 radical (unpaired) electrons. The molecule has 104 valence electrons. The van der Waals surface area contributed by atoms with Crippen LogP contribution < -0.4 is 5.32 Å². The molecule has 0 bridgehead atoms. The Bertz CT molecular complexity index is 455. The molecule has 2 amide bonds. The molecule has 6 nitrogen and oxygen atoms in total. The average Bonchev–Trinajstić information content (AvgIpc) is 2.74. The lowest BCUT2D eigenvalue weighted by atomic mass is 10.2. The molecule has 2 heterocycles. The number of aryl methyl sites for hydroxylation is 1. The number of nitrogens with one attached hydrogen (secondary N) is 2. The summed E-state index contributed by atoms with van der Waals surface area (Å²) in [5.74, 6) is 0.539. The van der Waals surface area contributed by atoms with Crippen LogP contribution >= 0.6 is 0 Å². The summed E-state index contributed by atoms with van der Waals surface area (Å²) in [5.41, 5.74) is 0.968. The summed E-state index contributed by atoms with van der Waals surface area (Å²) in [7, 11) is 0. The monoisotopic (exact) mass is 264 g/mol. The molecule has 0 spiro atoms. The van der Waals surface area contributed by atoms with Gasteiger partial charge in [0, 0.05) is 18.5 Å². The van der Waals surface area contributed by atoms with E-state index in [4.69, 9.17) is 0 Å². The van der Waals surface area contributed by atoms with E-state index in [1.165, 1.54) is 0 Å². The smallest absolute Gasteiger partial charge is 0.245 e. The van der Waals surface area contributed by atoms with Crippen molar-refractivity contribution in [3.63, 3.8) is 0 Å². The highest BCUT2D eigenvalue weighted by Crippen LogP contribution is 2.13. The SMILES string of the molecule is CCc1cn[nH]c1NC(=O)CN1CCCCCC1=O. The van der Waals surface area contributed by atoms with Gasteiger partial charge in [0.05, 0.1) is 12.7 Å². The summed E-state index contributed by atoms with van der Waals surface area (Å²) in [6.45, 7) is 2.80. The summed E-state index contributed by atoms with van der Waals surface area (Å²) in [4.78, 5) is 25.4. The van der Waals surface area contributed by atoms with Gasteiger partial charge in [0.15, 0.2) is 0 Å². The summed E-state index contributed by atoms with van der Waals surface area (Å²) in [6.07, 6.45) is 6.02. The number of anilines is 1. The van der Waals surface area contributed by atoms with Gasteiger partial charge < -0.3 is 10.2 Å². The third kappa shape index (κ3) is 3.56. The Morgan fingerprint density at radius 1 is 1.47 bits per heavy atom. The fourth-order valence-corrected chi connectivity index (χ4v) is 2.25. The van der Waals surface area contributed by atoms with Crippen LogP contribution in [0.5, 0.6) is 0 Å². The molecule has 1 aliphatic rings. The van der Waals surface area contributed by atoms with Gasteiger partial charge >= 0.3 is 0 Å². The zero-order valence-corrected chi connectivity index (χ0v) is 11.2. The molecule has 0 aliphatic carbocycles. The lowest BCUT2D eigenvalue weighted by molar-refractivity contribution is -0.134. The van der Waals surface area contributed by atoms with Gasteiger partial charge in [-0.2, -0.15) is 5.10 Å². The van der Waals surface area contributed by atoms with Gasteiger partial charge in [-0.3, -0.25) is 14.7 Å². The third-order valence-electron chi connectivity index (χ3n) is 3.37. The number of nitrogens with zero attached hydrogens (tertiary/aromatic N) is 2. The first kappa shape index (κ1) is 13.6. The zero-order chi connectivity index (χ0) is 13.7. The molecular formula is C13H20N4O2. The number of aromatic amines is 1. The van der Waals surface area contributed by atoms with Gasteiger partial charge in [0.2, 0.25) is 11.8 Å². The second-order valence-corrected chi connectivity index (χ2v) is 4.80. The van der Waals surface area contributed by atoms with Gasteiger partial charge in [0.1, 0.15) is 5.82 Å². The fourth-order valence-electron chi connectivity index (χ4n) is 2.25. The van der Waals surface area contributed by atoms with Crippen LogP contribution in [-0.2, 0) is 16.0 Å². The number of carbonyl (C=O) groups excluding carboxylic acids is 2. The molecule has 1 aromatic heterocycles. The molecule has 0 aromatic carbocycles. The number of carbonyl (C=O) groups is 2. The molecule has 0 unspecified atom stereocenters.